The van der Waals surface area contributed by atoms with E-state index < -0.39 is 34.6 Å². The highest BCUT2D eigenvalue weighted by Gasteiger charge is 2.57. The first-order valence-corrected chi connectivity index (χ1v) is 7.82. The molecule has 1 saturated carbocycles. The van der Waals surface area contributed by atoms with Crippen molar-refractivity contribution in [1.82, 2.24) is 5.48 Å². The Balaban J connectivity index is 1.60. The van der Waals surface area contributed by atoms with Gasteiger partial charge in [-0.2, -0.15) is 0 Å². The van der Waals surface area contributed by atoms with Crippen molar-refractivity contribution in [2.24, 2.45) is 5.41 Å². The lowest BCUT2D eigenvalue weighted by Crippen LogP contribution is -2.42. The lowest BCUT2D eigenvalue weighted by molar-refractivity contribution is -0.152. The van der Waals surface area contributed by atoms with Crippen LogP contribution in [0.5, 0.6) is 0 Å². The molecule has 2 N–H and O–H groups in total. The van der Waals surface area contributed by atoms with Gasteiger partial charge in [-0.3, -0.25) is 14.4 Å². The van der Waals surface area contributed by atoms with Gasteiger partial charge in [-0.05, 0) is 37.8 Å². The SMILES string of the molecule is O=C(NOC1CCOCC1)C1(C(=O)Nc2c(F)cccc2F)CC1. The van der Waals surface area contributed by atoms with E-state index in [1.54, 1.807) is 0 Å². The van der Waals surface area contributed by atoms with Crippen molar-refractivity contribution >= 4 is 17.5 Å². The highest BCUT2D eigenvalue weighted by atomic mass is 19.1. The number of carbonyl (C=O) groups is 2. The number of carbonyl (C=O) groups excluding carboxylic acids is 2. The van der Waals surface area contributed by atoms with Crippen LogP contribution in [-0.2, 0) is 19.2 Å². The molecule has 0 spiro atoms. The van der Waals surface area contributed by atoms with E-state index in [1.165, 1.54) is 6.07 Å². The van der Waals surface area contributed by atoms with Crippen LogP contribution < -0.4 is 10.8 Å². The number of para-hydroxylation sites is 1. The lowest BCUT2D eigenvalue weighted by Gasteiger charge is -2.23. The fraction of sp³-hybridized carbons (Fsp3) is 0.500. The second kappa shape index (κ2) is 6.82. The van der Waals surface area contributed by atoms with Crippen molar-refractivity contribution in [3.05, 3.63) is 29.8 Å². The number of amides is 2. The Labute approximate surface area is 137 Å². The number of hydrogen-bond donors (Lipinski definition) is 2. The number of hydrogen-bond acceptors (Lipinski definition) is 4. The van der Waals surface area contributed by atoms with Crippen LogP contribution in [0.15, 0.2) is 18.2 Å². The number of benzene rings is 1. The summed E-state index contributed by atoms with van der Waals surface area (Å²) in [6.45, 7) is 1.11. The molecule has 1 aromatic rings. The first kappa shape index (κ1) is 16.8. The fourth-order valence-electron chi connectivity index (χ4n) is 2.56. The lowest BCUT2D eigenvalue weighted by atomic mass is 10.1. The van der Waals surface area contributed by atoms with Gasteiger partial charge in [-0.15, -0.1) is 0 Å². The molecule has 1 heterocycles. The van der Waals surface area contributed by atoms with E-state index in [9.17, 15) is 18.4 Å². The molecule has 0 radical (unpaired) electrons. The molecule has 2 amide bonds. The molecule has 1 aliphatic heterocycles. The number of hydroxylamine groups is 1. The maximum atomic E-state index is 13.6. The minimum absolute atomic E-state index is 0.162. The van der Waals surface area contributed by atoms with Crippen molar-refractivity contribution in [2.75, 3.05) is 18.5 Å². The first-order chi connectivity index (χ1) is 11.5. The number of ether oxygens (including phenoxy) is 1. The predicted octanol–water partition coefficient (Wildman–Crippen LogP) is 1.91. The Kier molecular flexibility index (Phi) is 4.77. The highest BCUT2D eigenvalue weighted by molar-refractivity contribution is 6.12. The molecule has 2 fully saturated rings. The van der Waals surface area contributed by atoms with Gasteiger partial charge in [0.2, 0.25) is 5.91 Å². The number of halogens is 2. The molecule has 1 saturated heterocycles. The van der Waals surface area contributed by atoms with Crippen LogP contribution in [0.4, 0.5) is 14.5 Å². The van der Waals surface area contributed by atoms with Gasteiger partial charge in [0, 0.05) is 13.2 Å². The summed E-state index contributed by atoms with van der Waals surface area (Å²) in [5, 5.41) is 2.17. The highest BCUT2D eigenvalue weighted by Crippen LogP contribution is 2.47. The smallest absolute Gasteiger partial charge is 0.259 e. The zero-order valence-electron chi connectivity index (χ0n) is 12.9. The maximum Gasteiger partial charge on any atom is 0.259 e. The summed E-state index contributed by atoms with van der Waals surface area (Å²) in [5.41, 5.74) is 0.426. The molecule has 0 bridgehead atoms. The van der Waals surface area contributed by atoms with Gasteiger partial charge in [0.25, 0.3) is 5.91 Å². The third kappa shape index (κ3) is 3.39. The summed E-state index contributed by atoms with van der Waals surface area (Å²) in [6.07, 6.45) is 1.75. The van der Waals surface area contributed by atoms with Gasteiger partial charge >= 0.3 is 0 Å². The minimum Gasteiger partial charge on any atom is -0.381 e. The summed E-state index contributed by atoms with van der Waals surface area (Å²) < 4.78 is 32.4. The molecule has 6 nitrogen and oxygen atoms in total. The third-order valence-electron chi connectivity index (χ3n) is 4.31. The Morgan fingerprint density at radius 1 is 1.12 bits per heavy atom. The molecule has 1 aromatic carbocycles. The van der Waals surface area contributed by atoms with E-state index in [0.717, 1.165) is 12.1 Å². The molecular weight excluding hydrogens is 322 g/mol. The Hall–Kier alpha value is -2.06. The van der Waals surface area contributed by atoms with Crippen LogP contribution in [0.25, 0.3) is 0 Å². The third-order valence-corrected chi connectivity index (χ3v) is 4.31. The minimum atomic E-state index is -1.33. The van der Waals surface area contributed by atoms with E-state index in [-0.39, 0.29) is 6.10 Å². The molecule has 0 atom stereocenters. The van der Waals surface area contributed by atoms with E-state index in [2.05, 4.69) is 10.8 Å². The Bertz CT molecular complexity index is 623. The zero-order chi connectivity index (χ0) is 17.2. The number of anilines is 1. The molecular formula is C16H18F2N2O4. The van der Waals surface area contributed by atoms with Crippen LogP contribution in [0.2, 0.25) is 0 Å². The van der Waals surface area contributed by atoms with Gasteiger partial charge in [-0.25, -0.2) is 14.3 Å². The summed E-state index contributed by atoms with van der Waals surface area (Å²) in [5.74, 6) is -3.11. The van der Waals surface area contributed by atoms with Gasteiger partial charge in [0.05, 0.1) is 6.10 Å². The van der Waals surface area contributed by atoms with Gasteiger partial charge in [0.15, 0.2) is 0 Å². The monoisotopic (exact) mass is 340 g/mol. The maximum absolute atomic E-state index is 13.6. The van der Waals surface area contributed by atoms with Crippen molar-refractivity contribution in [2.45, 2.75) is 31.8 Å². The largest absolute Gasteiger partial charge is 0.381 e. The van der Waals surface area contributed by atoms with Crippen molar-refractivity contribution in [1.29, 1.82) is 0 Å². The van der Waals surface area contributed by atoms with Crippen LogP contribution in [0, 0.1) is 17.0 Å². The van der Waals surface area contributed by atoms with Gasteiger partial charge < -0.3 is 10.1 Å². The van der Waals surface area contributed by atoms with Crippen LogP contribution in [0.3, 0.4) is 0 Å². The first-order valence-electron chi connectivity index (χ1n) is 7.82. The molecule has 0 aromatic heterocycles. The molecule has 0 unspecified atom stereocenters. The van der Waals surface area contributed by atoms with E-state index in [4.69, 9.17) is 9.57 Å². The van der Waals surface area contributed by atoms with Gasteiger partial charge in [0.1, 0.15) is 22.7 Å². The molecule has 1 aliphatic carbocycles. The van der Waals surface area contributed by atoms with Crippen LogP contribution in [-0.4, -0.2) is 31.1 Å². The molecule has 3 rings (SSSR count). The standard InChI is InChI=1S/C16H18F2N2O4/c17-11-2-1-3-12(18)13(11)19-14(21)16(6-7-16)15(22)20-24-10-4-8-23-9-5-10/h1-3,10H,4-9H2,(H,19,21)(H,20,22). The van der Waals surface area contributed by atoms with Crippen LogP contribution in [0.1, 0.15) is 25.7 Å². The summed E-state index contributed by atoms with van der Waals surface area (Å²) in [6, 6.07) is 3.26. The summed E-state index contributed by atoms with van der Waals surface area (Å²) in [4.78, 5) is 29.9. The molecule has 130 valence electrons. The predicted molar refractivity (Wildman–Crippen MR) is 79.7 cm³/mol. The molecule has 24 heavy (non-hydrogen) atoms. The van der Waals surface area contributed by atoms with E-state index in [1.807, 2.05) is 0 Å². The quantitative estimate of drug-likeness (QED) is 0.634. The van der Waals surface area contributed by atoms with E-state index >= 15 is 0 Å². The fourth-order valence-corrected chi connectivity index (χ4v) is 2.56. The van der Waals surface area contributed by atoms with Gasteiger partial charge in [-0.1, -0.05) is 6.07 Å². The normalized spacial score (nSPS) is 19.6. The topological polar surface area (TPSA) is 76.7 Å². The molecule has 2 aliphatic rings. The number of rotatable bonds is 5. The van der Waals surface area contributed by atoms with Crippen molar-refractivity contribution < 1.29 is 27.9 Å². The molecule has 8 heteroatoms. The second-order valence-corrected chi connectivity index (χ2v) is 5.99. The summed E-state index contributed by atoms with van der Waals surface area (Å²) >= 11 is 0. The Morgan fingerprint density at radius 2 is 1.75 bits per heavy atom. The van der Waals surface area contributed by atoms with Crippen molar-refractivity contribution in [3.63, 3.8) is 0 Å². The second-order valence-electron chi connectivity index (χ2n) is 5.99. The number of nitrogens with one attached hydrogen (secondary N) is 2. The van der Waals surface area contributed by atoms with Crippen LogP contribution >= 0.6 is 0 Å². The van der Waals surface area contributed by atoms with Crippen molar-refractivity contribution in [3.8, 4) is 0 Å². The zero-order valence-corrected chi connectivity index (χ0v) is 12.9. The average Bonchev–Trinajstić information content (AvgIpc) is 3.39. The van der Waals surface area contributed by atoms with E-state index in [0.29, 0.717) is 38.9 Å². The average molecular weight is 340 g/mol. The summed E-state index contributed by atoms with van der Waals surface area (Å²) in [7, 11) is 0. The Morgan fingerprint density at radius 3 is 2.33 bits per heavy atom.